The van der Waals surface area contributed by atoms with E-state index in [-0.39, 0.29) is 50.0 Å². The van der Waals surface area contributed by atoms with E-state index >= 15 is 0 Å². The molecule has 0 heterocycles. The van der Waals surface area contributed by atoms with Gasteiger partial charge in [0.25, 0.3) is 0 Å². The van der Waals surface area contributed by atoms with Crippen molar-refractivity contribution in [2.45, 2.75) is 58.2 Å². The smallest absolute Gasteiger partial charge is 0.243 e. The Balaban J connectivity index is 1.93. The lowest BCUT2D eigenvalue weighted by Crippen LogP contribution is -2.52. The molecule has 0 saturated heterocycles. The second kappa shape index (κ2) is 15.5. The Labute approximate surface area is 261 Å². The summed E-state index contributed by atoms with van der Waals surface area (Å²) >= 11 is 12.6. The van der Waals surface area contributed by atoms with E-state index in [1.165, 1.54) is 4.90 Å². The topological polar surface area (TPSA) is 86.8 Å². The highest BCUT2D eigenvalue weighted by molar-refractivity contribution is 7.92. The number of sulfonamides is 1. The van der Waals surface area contributed by atoms with Gasteiger partial charge in [-0.15, -0.1) is 0 Å². The third-order valence-electron chi connectivity index (χ3n) is 6.97. The summed E-state index contributed by atoms with van der Waals surface area (Å²) < 4.78 is 53.3. The van der Waals surface area contributed by atoms with Crippen LogP contribution in [0.4, 0.5) is 14.5 Å². The molecule has 0 unspecified atom stereocenters. The van der Waals surface area contributed by atoms with E-state index in [0.717, 1.165) is 34.3 Å². The predicted octanol–water partition coefficient (Wildman–Crippen LogP) is 6.37. The third-order valence-corrected chi connectivity index (χ3v) is 8.75. The van der Waals surface area contributed by atoms with Crippen molar-refractivity contribution in [3.8, 4) is 0 Å². The molecular weight excluding hydrogens is 619 g/mol. The van der Waals surface area contributed by atoms with Crippen LogP contribution in [0.15, 0.2) is 66.7 Å². The number of nitrogens with zero attached hydrogens (tertiary/aromatic N) is 2. The lowest BCUT2D eigenvalue weighted by Gasteiger charge is -2.33. The molecule has 0 spiro atoms. The Morgan fingerprint density at radius 2 is 1.67 bits per heavy atom. The van der Waals surface area contributed by atoms with Gasteiger partial charge in [0.1, 0.15) is 6.04 Å². The standard InChI is InChI=1S/C31H35Cl2F2N3O4S/c1-4-21(2)36-31(40)29(17-22-9-6-5-7-10-22)37(20-23-12-13-24(32)18-26(23)33)30(39)11-8-16-38(43(3,41)42)25-14-15-27(34)28(35)19-25/h5-7,9-10,12-15,18-19,21,29H,4,8,11,16-17,20H2,1-3H3,(H,36,40)/t21-,29-/m0/s1. The SMILES string of the molecule is CC[C@H](C)NC(=O)[C@H](Cc1ccccc1)N(Cc1ccc(Cl)cc1Cl)C(=O)CCCN(c1ccc(F)c(F)c1)S(C)(=O)=O. The number of anilines is 1. The Morgan fingerprint density at radius 3 is 2.28 bits per heavy atom. The fourth-order valence-electron chi connectivity index (χ4n) is 4.47. The Bertz CT molecular complexity index is 1530. The highest BCUT2D eigenvalue weighted by Crippen LogP contribution is 2.26. The third kappa shape index (κ3) is 9.91. The number of amides is 2. The highest BCUT2D eigenvalue weighted by Gasteiger charge is 2.31. The van der Waals surface area contributed by atoms with E-state index in [1.807, 2.05) is 44.2 Å². The van der Waals surface area contributed by atoms with Gasteiger partial charge in [-0.2, -0.15) is 0 Å². The molecule has 0 radical (unpaired) electrons. The molecule has 0 aliphatic carbocycles. The minimum absolute atomic E-state index is 0.000768. The van der Waals surface area contributed by atoms with E-state index in [9.17, 15) is 26.8 Å². The zero-order chi connectivity index (χ0) is 31.7. The summed E-state index contributed by atoms with van der Waals surface area (Å²) in [4.78, 5) is 29.0. The lowest BCUT2D eigenvalue weighted by atomic mass is 10.0. The van der Waals surface area contributed by atoms with E-state index in [2.05, 4.69) is 5.32 Å². The van der Waals surface area contributed by atoms with Gasteiger partial charge in [0.15, 0.2) is 11.6 Å². The maximum absolute atomic E-state index is 13.9. The normalized spacial score (nSPS) is 12.8. The number of nitrogens with one attached hydrogen (secondary N) is 1. The average molecular weight is 655 g/mol. The fourth-order valence-corrected chi connectivity index (χ4v) is 5.90. The molecule has 232 valence electrons. The van der Waals surface area contributed by atoms with Crippen molar-refractivity contribution >= 4 is 50.7 Å². The number of benzene rings is 3. The second-order valence-electron chi connectivity index (χ2n) is 10.3. The molecule has 0 saturated carbocycles. The first kappa shape index (κ1) is 34.3. The minimum atomic E-state index is -3.89. The van der Waals surface area contributed by atoms with E-state index < -0.39 is 33.6 Å². The summed E-state index contributed by atoms with van der Waals surface area (Å²) in [6.07, 6.45) is 1.76. The lowest BCUT2D eigenvalue weighted by molar-refractivity contribution is -0.141. The number of hydrogen-bond acceptors (Lipinski definition) is 4. The quantitative estimate of drug-likeness (QED) is 0.219. The van der Waals surface area contributed by atoms with Gasteiger partial charge in [0, 0.05) is 48.1 Å². The van der Waals surface area contributed by atoms with Gasteiger partial charge in [-0.1, -0.05) is 66.5 Å². The van der Waals surface area contributed by atoms with Crippen molar-refractivity contribution in [3.63, 3.8) is 0 Å². The van der Waals surface area contributed by atoms with Crippen LogP contribution in [0.2, 0.25) is 10.0 Å². The Hall–Kier alpha value is -3.21. The number of hydrogen-bond donors (Lipinski definition) is 1. The fraction of sp³-hybridized carbons (Fsp3) is 0.355. The maximum Gasteiger partial charge on any atom is 0.243 e. The molecular formula is C31H35Cl2F2N3O4S. The van der Waals surface area contributed by atoms with Gasteiger partial charge in [0.05, 0.1) is 11.9 Å². The molecule has 1 N–H and O–H groups in total. The van der Waals surface area contributed by atoms with Crippen molar-refractivity contribution in [1.82, 2.24) is 10.2 Å². The monoisotopic (exact) mass is 653 g/mol. The maximum atomic E-state index is 13.9. The summed E-state index contributed by atoms with van der Waals surface area (Å²) in [6.45, 7) is 3.64. The number of carbonyl (C=O) groups excluding carboxylic acids is 2. The average Bonchev–Trinajstić information content (AvgIpc) is 2.95. The molecule has 7 nitrogen and oxygen atoms in total. The van der Waals surface area contributed by atoms with Crippen LogP contribution in [0.3, 0.4) is 0 Å². The van der Waals surface area contributed by atoms with E-state index in [0.29, 0.717) is 22.0 Å². The summed E-state index contributed by atoms with van der Waals surface area (Å²) in [5, 5.41) is 3.72. The highest BCUT2D eigenvalue weighted by atomic mass is 35.5. The van der Waals surface area contributed by atoms with Crippen LogP contribution in [0.1, 0.15) is 44.2 Å². The Kier molecular flexibility index (Phi) is 12.4. The van der Waals surface area contributed by atoms with Crippen molar-refractivity contribution in [1.29, 1.82) is 0 Å². The molecule has 3 aromatic carbocycles. The van der Waals surface area contributed by atoms with Gasteiger partial charge in [0.2, 0.25) is 21.8 Å². The summed E-state index contributed by atoms with van der Waals surface area (Å²) in [7, 11) is -3.89. The van der Waals surface area contributed by atoms with Crippen LogP contribution in [0.5, 0.6) is 0 Å². The molecule has 2 atom stereocenters. The number of halogens is 4. The first-order valence-corrected chi connectivity index (χ1v) is 16.4. The zero-order valence-electron chi connectivity index (χ0n) is 24.2. The van der Waals surface area contributed by atoms with Crippen LogP contribution in [0.25, 0.3) is 0 Å². The van der Waals surface area contributed by atoms with E-state index in [1.54, 1.807) is 18.2 Å². The van der Waals surface area contributed by atoms with Crippen molar-refractivity contribution < 1.29 is 26.8 Å². The van der Waals surface area contributed by atoms with Crippen molar-refractivity contribution in [2.24, 2.45) is 0 Å². The van der Waals surface area contributed by atoms with Gasteiger partial charge in [-0.25, -0.2) is 17.2 Å². The minimum Gasteiger partial charge on any atom is -0.352 e. The van der Waals surface area contributed by atoms with Gasteiger partial charge in [-0.3, -0.25) is 13.9 Å². The summed E-state index contributed by atoms with van der Waals surface area (Å²) in [5.74, 6) is -3.05. The Morgan fingerprint density at radius 1 is 0.977 bits per heavy atom. The molecule has 0 fully saturated rings. The first-order valence-electron chi connectivity index (χ1n) is 13.8. The largest absolute Gasteiger partial charge is 0.352 e. The first-order chi connectivity index (χ1) is 20.3. The molecule has 3 rings (SSSR count). The zero-order valence-corrected chi connectivity index (χ0v) is 26.5. The predicted molar refractivity (Wildman–Crippen MR) is 167 cm³/mol. The van der Waals surface area contributed by atoms with Crippen LogP contribution in [0, 0.1) is 11.6 Å². The number of carbonyl (C=O) groups is 2. The summed E-state index contributed by atoms with van der Waals surface area (Å²) in [6, 6.07) is 15.9. The number of rotatable bonds is 14. The molecule has 0 bridgehead atoms. The van der Waals surface area contributed by atoms with Gasteiger partial charge < -0.3 is 10.2 Å². The summed E-state index contributed by atoms with van der Waals surface area (Å²) in [5.41, 5.74) is 1.36. The van der Waals surface area contributed by atoms with Gasteiger partial charge in [-0.05, 0) is 55.2 Å². The van der Waals surface area contributed by atoms with Crippen LogP contribution >= 0.6 is 23.2 Å². The molecule has 0 aliphatic heterocycles. The molecule has 0 aliphatic rings. The van der Waals surface area contributed by atoms with Gasteiger partial charge >= 0.3 is 0 Å². The molecule has 12 heteroatoms. The van der Waals surface area contributed by atoms with Crippen LogP contribution in [-0.2, 0) is 32.6 Å². The van der Waals surface area contributed by atoms with E-state index in [4.69, 9.17) is 23.2 Å². The van der Waals surface area contributed by atoms with Crippen molar-refractivity contribution in [2.75, 3.05) is 17.1 Å². The molecule has 3 aromatic rings. The molecule has 2 amide bonds. The van der Waals surface area contributed by atoms with Crippen LogP contribution in [-0.4, -0.2) is 50.0 Å². The molecule has 0 aromatic heterocycles. The second-order valence-corrected chi connectivity index (χ2v) is 13.1. The van der Waals surface area contributed by atoms with Crippen LogP contribution < -0.4 is 9.62 Å². The molecule has 43 heavy (non-hydrogen) atoms. The van der Waals surface area contributed by atoms with Crippen molar-refractivity contribution in [3.05, 3.63) is 99.5 Å².